The van der Waals surface area contributed by atoms with Crippen molar-refractivity contribution in [3.63, 3.8) is 0 Å². The maximum absolute atomic E-state index is 12.3. The van der Waals surface area contributed by atoms with E-state index in [0.717, 1.165) is 55.5 Å². The lowest BCUT2D eigenvalue weighted by Gasteiger charge is -2.33. The molecule has 2 atom stereocenters. The molecule has 2 heterocycles. The summed E-state index contributed by atoms with van der Waals surface area (Å²) in [5, 5.41) is 10.3. The van der Waals surface area contributed by atoms with Crippen LogP contribution in [0.15, 0.2) is 6.33 Å². The van der Waals surface area contributed by atoms with Gasteiger partial charge in [0.25, 0.3) is 0 Å². The number of anilines is 2. The Morgan fingerprint density at radius 3 is 2.38 bits per heavy atom. The lowest BCUT2D eigenvalue weighted by Crippen LogP contribution is -2.44. The number of hydrogen-bond acceptors (Lipinski definition) is 8. The molecule has 2 saturated carbocycles. The fraction of sp³-hybridized carbons (Fsp3) is 0.778. The van der Waals surface area contributed by atoms with Gasteiger partial charge < -0.3 is 30.2 Å². The van der Waals surface area contributed by atoms with Gasteiger partial charge in [-0.2, -0.15) is 9.97 Å². The number of aromatic nitrogens is 4. The summed E-state index contributed by atoms with van der Waals surface area (Å²) in [6.07, 6.45) is 9.87. The van der Waals surface area contributed by atoms with Gasteiger partial charge in [-0.15, -0.1) is 0 Å². The lowest BCUT2D eigenvalue weighted by molar-refractivity contribution is 0.0492. The molecule has 10 heteroatoms. The molecule has 0 aliphatic heterocycles. The van der Waals surface area contributed by atoms with Crippen molar-refractivity contribution in [3.8, 4) is 0 Å². The summed E-state index contributed by atoms with van der Waals surface area (Å²) in [4.78, 5) is 29.2. The smallest absolute Gasteiger partial charge is 0.407 e. The van der Waals surface area contributed by atoms with Crippen LogP contribution in [0.3, 0.4) is 0 Å². The number of carbonyl (C=O) groups is 1. The van der Waals surface area contributed by atoms with E-state index >= 15 is 0 Å². The first-order valence-corrected chi connectivity index (χ1v) is 13.9. The maximum Gasteiger partial charge on any atom is 0.407 e. The number of imidazole rings is 1. The molecule has 4 rings (SSSR count). The zero-order valence-corrected chi connectivity index (χ0v) is 23.7. The molecule has 0 saturated heterocycles. The summed E-state index contributed by atoms with van der Waals surface area (Å²) in [6, 6.07) is 1.51. The van der Waals surface area contributed by atoms with E-state index in [9.17, 15) is 4.79 Å². The molecule has 2 aliphatic carbocycles. The molecule has 0 bridgehead atoms. The van der Waals surface area contributed by atoms with E-state index in [1.54, 1.807) is 0 Å². The fourth-order valence-corrected chi connectivity index (χ4v) is 5.50. The van der Waals surface area contributed by atoms with Gasteiger partial charge in [-0.05, 0) is 100 Å². The third kappa shape index (κ3) is 7.24. The average Bonchev–Trinajstić information content (AvgIpc) is 3.23. The number of carbonyl (C=O) groups excluding carboxylic acids is 1. The molecular formula is C27H46N8O2. The molecule has 2 unspecified atom stereocenters. The van der Waals surface area contributed by atoms with Crippen LogP contribution in [0.5, 0.6) is 0 Å². The van der Waals surface area contributed by atoms with E-state index in [1.165, 1.54) is 12.8 Å². The summed E-state index contributed by atoms with van der Waals surface area (Å²) >= 11 is 0. The Balaban J connectivity index is 1.49. The molecule has 0 spiro atoms. The molecule has 1 amide bonds. The number of nitrogens with zero attached hydrogens (tertiary/aromatic N) is 5. The summed E-state index contributed by atoms with van der Waals surface area (Å²) in [5.74, 6) is 1.42. The molecule has 2 aliphatic rings. The molecule has 37 heavy (non-hydrogen) atoms. The molecular weight excluding hydrogens is 468 g/mol. The van der Waals surface area contributed by atoms with Crippen molar-refractivity contribution in [3.05, 3.63) is 6.33 Å². The maximum atomic E-state index is 12.3. The number of amides is 1. The van der Waals surface area contributed by atoms with E-state index in [-0.39, 0.29) is 24.2 Å². The zero-order valence-electron chi connectivity index (χ0n) is 23.7. The molecule has 2 aromatic heterocycles. The van der Waals surface area contributed by atoms with E-state index < -0.39 is 5.60 Å². The van der Waals surface area contributed by atoms with Crippen LogP contribution in [-0.2, 0) is 4.74 Å². The molecule has 10 nitrogen and oxygen atoms in total. The fourth-order valence-electron chi connectivity index (χ4n) is 5.50. The Morgan fingerprint density at radius 1 is 1.03 bits per heavy atom. The number of fused-ring (bicyclic) bond motifs is 1. The molecule has 0 radical (unpaired) electrons. The Labute approximate surface area is 221 Å². The highest BCUT2D eigenvalue weighted by molar-refractivity contribution is 5.84. The predicted molar refractivity (Wildman–Crippen MR) is 148 cm³/mol. The minimum absolute atomic E-state index is 0.0659. The van der Waals surface area contributed by atoms with Crippen LogP contribution in [-0.4, -0.2) is 74.4 Å². The van der Waals surface area contributed by atoms with Gasteiger partial charge in [-0.3, -0.25) is 0 Å². The van der Waals surface area contributed by atoms with Crippen molar-refractivity contribution in [2.45, 2.75) is 122 Å². The minimum Gasteiger partial charge on any atom is -0.444 e. The highest BCUT2D eigenvalue weighted by Crippen LogP contribution is 2.29. The molecule has 206 valence electrons. The van der Waals surface area contributed by atoms with Gasteiger partial charge in [0.15, 0.2) is 17.0 Å². The number of nitrogens with one attached hydrogen (secondary N) is 3. The molecule has 3 N–H and O–H groups in total. The van der Waals surface area contributed by atoms with Crippen LogP contribution in [0.2, 0.25) is 0 Å². The van der Waals surface area contributed by atoms with Crippen molar-refractivity contribution in [2.24, 2.45) is 0 Å². The van der Waals surface area contributed by atoms with Gasteiger partial charge in [0, 0.05) is 30.2 Å². The standard InChI is InChI=1S/C27H46N8O2/c1-17(2)35-16-28-22-23(29-19-9-8-10-20(15-19)31-26(36)37-27(3,4)5)32-25(33-24(22)35)30-18-11-13-21(14-12-18)34(6)7/h16-21H,8-15H2,1-7H3,(H,31,36)(H2,29,30,32,33)/t18-,19?,20?,21-. The summed E-state index contributed by atoms with van der Waals surface area (Å²) in [6.45, 7) is 9.93. The number of rotatable bonds is 7. The van der Waals surface area contributed by atoms with Gasteiger partial charge in [-0.1, -0.05) is 0 Å². The van der Waals surface area contributed by atoms with E-state index in [2.05, 4.69) is 58.3 Å². The molecule has 2 fully saturated rings. The first kappa shape index (κ1) is 27.4. The summed E-state index contributed by atoms with van der Waals surface area (Å²) in [5.41, 5.74) is 1.13. The van der Waals surface area contributed by atoms with Gasteiger partial charge in [0.05, 0.1) is 6.33 Å². The van der Waals surface area contributed by atoms with Crippen molar-refractivity contribution >= 4 is 29.0 Å². The number of alkyl carbamates (subject to hydrolysis) is 1. The van der Waals surface area contributed by atoms with Gasteiger partial charge in [0.1, 0.15) is 5.60 Å². The van der Waals surface area contributed by atoms with Crippen LogP contribution < -0.4 is 16.0 Å². The van der Waals surface area contributed by atoms with Crippen LogP contribution in [0, 0.1) is 0 Å². The largest absolute Gasteiger partial charge is 0.444 e. The number of hydrogen-bond donors (Lipinski definition) is 3. The van der Waals surface area contributed by atoms with E-state index in [4.69, 9.17) is 14.7 Å². The summed E-state index contributed by atoms with van der Waals surface area (Å²) in [7, 11) is 4.33. The Bertz CT molecular complexity index is 1050. The quantitative estimate of drug-likeness (QED) is 0.477. The molecule has 0 aromatic carbocycles. The topological polar surface area (TPSA) is 109 Å². The Kier molecular flexibility index (Phi) is 8.46. The van der Waals surface area contributed by atoms with Crippen LogP contribution in [0.1, 0.15) is 92.0 Å². The van der Waals surface area contributed by atoms with Gasteiger partial charge in [-0.25, -0.2) is 9.78 Å². The van der Waals surface area contributed by atoms with E-state index in [1.807, 2.05) is 27.1 Å². The van der Waals surface area contributed by atoms with Crippen LogP contribution >= 0.6 is 0 Å². The Hall–Kier alpha value is -2.62. The minimum atomic E-state index is -0.507. The first-order chi connectivity index (χ1) is 17.5. The number of ether oxygens (including phenoxy) is 1. The normalized spacial score (nSPS) is 24.9. The van der Waals surface area contributed by atoms with Crippen molar-refractivity contribution in [1.82, 2.24) is 29.7 Å². The van der Waals surface area contributed by atoms with Gasteiger partial charge in [0.2, 0.25) is 5.95 Å². The first-order valence-electron chi connectivity index (χ1n) is 13.9. The van der Waals surface area contributed by atoms with Gasteiger partial charge >= 0.3 is 6.09 Å². The molecule has 2 aromatic rings. The zero-order chi connectivity index (χ0) is 26.7. The third-order valence-corrected chi connectivity index (χ3v) is 7.47. The lowest BCUT2D eigenvalue weighted by atomic mass is 9.90. The highest BCUT2D eigenvalue weighted by atomic mass is 16.6. The van der Waals surface area contributed by atoms with Crippen molar-refractivity contribution < 1.29 is 9.53 Å². The Morgan fingerprint density at radius 2 is 1.73 bits per heavy atom. The van der Waals surface area contributed by atoms with Crippen LogP contribution in [0.25, 0.3) is 11.2 Å². The van der Waals surface area contributed by atoms with Crippen molar-refractivity contribution in [2.75, 3.05) is 24.7 Å². The highest BCUT2D eigenvalue weighted by Gasteiger charge is 2.28. The SMILES string of the molecule is CC(C)n1cnc2c(NC3CCCC(NC(=O)OC(C)(C)C)C3)nc(N[C@H]3CC[C@H](N(C)C)CC3)nc21. The third-order valence-electron chi connectivity index (χ3n) is 7.47. The second-order valence-electron chi connectivity index (χ2n) is 12.3. The average molecular weight is 515 g/mol. The summed E-state index contributed by atoms with van der Waals surface area (Å²) < 4.78 is 7.57. The van der Waals surface area contributed by atoms with E-state index in [0.29, 0.717) is 18.0 Å². The monoisotopic (exact) mass is 514 g/mol. The second kappa shape index (κ2) is 11.4. The second-order valence-corrected chi connectivity index (χ2v) is 12.3. The van der Waals surface area contributed by atoms with Crippen molar-refractivity contribution in [1.29, 1.82) is 0 Å². The predicted octanol–water partition coefficient (Wildman–Crippen LogP) is 4.94. The van der Waals surface area contributed by atoms with Crippen LogP contribution in [0.4, 0.5) is 16.6 Å².